The molecular weight excluding hydrogens is 178 g/mol. The first-order valence-corrected chi connectivity index (χ1v) is 4.74. The van der Waals surface area contributed by atoms with Crippen LogP contribution in [0.2, 0.25) is 0 Å². The summed E-state index contributed by atoms with van der Waals surface area (Å²) in [6, 6.07) is 3.65. The molecule has 0 aliphatic carbocycles. The van der Waals surface area contributed by atoms with Crippen molar-refractivity contribution in [3.63, 3.8) is 0 Å². The zero-order chi connectivity index (χ0) is 9.97. The molecule has 0 aromatic carbocycles. The molecule has 2 heterocycles. The van der Waals surface area contributed by atoms with Crippen LogP contribution in [0, 0.1) is 0 Å². The van der Waals surface area contributed by atoms with Crippen LogP contribution in [-0.2, 0) is 4.79 Å². The van der Waals surface area contributed by atoms with Crippen LogP contribution in [0.15, 0.2) is 24.5 Å². The van der Waals surface area contributed by atoms with Gasteiger partial charge in [0.25, 0.3) is 0 Å². The van der Waals surface area contributed by atoms with E-state index in [1.807, 2.05) is 19.1 Å². The van der Waals surface area contributed by atoms with Gasteiger partial charge >= 0.3 is 0 Å². The highest BCUT2D eigenvalue weighted by atomic mass is 16.2. The molecule has 1 fully saturated rings. The molecule has 1 unspecified atom stereocenters. The summed E-state index contributed by atoms with van der Waals surface area (Å²) in [5, 5.41) is 3.12. The lowest BCUT2D eigenvalue weighted by Crippen LogP contribution is -2.53. The van der Waals surface area contributed by atoms with Crippen LogP contribution in [0.3, 0.4) is 0 Å². The zero-order valence-corrected chi connectivity index (χ0v) is 8.10. The van der Waals surface area contributed by atoms with Gasteiger partial charge in [-0.2, -0.15) is 0 Å². The lowest BCUT2D eigenvalue weighted by atomic mass is 10.2. The maximum Gasteiger partial charge on any atom is 0.243 e. The van der Waals surface area contributed by atoms with E-state index in [0.29, 0.717) is 0 Å². The van der Waals surface area contributed by atoms with Crippen molar-refractivity contribution in [1.29, 1.82) is 0 Å². The molecule has 4 nitrogen and oxygen atoms in total. The van der Waals surface area contributed by atoms with Crippen molar-refractivity contribution in [2.24, 2.45) is 0 Å². The Morgan fingerprint density at radius 1 is 1.64 bits per heavy atom. The molecule has 1 aliphatic rings. The van der Waals surface area contributed by atoms with Crippen molar-refractivity contribution < 1.29 is 4.79 Å². The van der Waals surface area contributed by atoms with E-state index in [2.05, 4.69) is 10.3 Å². The summed E-state index contributed by atoms with van der Waals surface area (Å²) < 4.78 is 0. The van der Waals surface area contributed by atoms with Gasteiger partial charge in [0.2, 0.25) is 5.91 Å². The number of pyridine rings is 1. The Hall–Kier alpha value is -1.42. The largest absolute Gasteiger partial charge is 0.308 e. The predicted molar refractivity (Wildman–Crippen MR) is 54.1 cm³/mol. The standard InChI is InChI=1S/C10H13N3O/c1-8-10(14)13(6-5-12-8)9-3-2-4-11-7-9/h2-4,7-8,12H,5-6H2,1H3. The van der Waals surface area contributed by atoms with Crippen molar-refractivity contribution >= 4 is 11.6 Å². The second kappa shape index (κ2) is 3.75. The van der Waals surface area contributed by atoms with Gasteiger partial charge in [-0.3, -0.25) is 9.78 Å². The monoisotopic (exact) mass is 191 g/mol. The average Bonchev–Trinajstić information content (AvgIpc) is 2.23. The summed E-state index contributed by atoms with van der Waals surface area (Å²) >= 11 is 0. The van der Waals surface area contributed by atoms with E-state index in [9.17, 15) is 4.79 Å². The third-order valence-electron chi connectivity index (χ3n) is 2.38. The SMILES string of the molecule is CC1NCCN(c2cccnc2)C1=O. The highest BCUT2D eigenvalue weighted by molar-refractivity contribution is 5.97. The average molecular weight is 191 g/mol. The molecule has 4 heteroatoms. The van der Waals surface area contributed by atoms with Crippen molar-refractivity contribution in [3.05, 3.63) is 24.5 Å². The molecule has 14 heavy (non-hydrogen) atoms. The zero-order valence-electron chi connectivity index (χ0n) is 8.10. The number of hydrogen-bond donors (Lipinski definition) is 1. The minimum absolute atomic E-state index is 0.0936. The van der Waals surface area contributed by atoms with Gasteiger partial charge in [0.1, 0.15) is 0 Å². The number of nitrogens with zero attached hydrogens (tertiary/aromatic N) is 2. The first-order valence-electron chi connectivity index (χ1n) is 4.74. The number of amides is 1. The molecule has 1 saturated heterocycles. The Bertz CT molecular complexity index is 325. The Kier molecular flexibility index (Phi) is 2.45. The lowest BCUT2D eigenvalue weighted by molar-refractivity contribution is -0.121. The number of rotatable bonds is 1. The molecule has 2 rings (SSSR count). The van der Waals surface area contributed by atoms with Crippen LogP contribution >= 0.6 is 0 Å². The summed E-state index contributed by atoms with van der Waals surface area (Å²) in [4.78, 5) is 17.5. The maximum atomic E-state index is 11.8. The fourth-order valence-electron chi connectivity index (χ4n) is 1.59. The molecule has 1 N–H and O–H groups in total. The fraction of sp³-hybridized carbons (Fsp3) is 0.400. The molecule has 1 atom stereocenters. The molecule has 1 aromatic rings. The van der Waals surface area contributed by atoms with Gasteiger partial charge in [-0.05, 0) is 19.1 Å². The highest BCUT2D eigenvalue weighted by Crippen LogP contribution is 2.14. The third-order valence-corrected chi connectivity index (χ3v) is 2.38. The second-order valence-electron chi connectivity index (χ2n) is 3.38. The van der Waals surface area contributed by atoms with Gasteiger partial charge in [0, 0.05) is 19.3 Å². The predicted octanol–water partition coefficient (Wildman–Crippen LogP) is 0.406. The van der Waals surface area contributed by atoms with E-state index < -0.39 is 0 Å². The molecule has 0 bridgehead atoms. The van der Waals surface area contributed by atoms with E-state index in [0.717, 1.165) is 18.8 Å². The van der Waals surface area contributed by atoms with Crippen molar-refractivity contribution in [3.8, 4) is 0 Å². The molecule has 0 saturated carbocycles. The molecule has 0 spiro atoms. The first kappa shape index (κ1) is 9.15. The number of nitrogens with one attached hydrogen (secondary N) is 1. The third kappa shape index (κ3) is 1.61. The van der Waals surface area contributed by atoms with Gasteiger partial charge in [-0.1, -0.05) is 0 Å². The van der Waals surface area contributed by atoms with Gasteiger partial charge in [0.05, 0.1) is 17.9 Å². The van der Waals surface area contributed by atoms with Crippen LogP contribution in [-0.4, -0.2) is 30.0 Å². The van der Waals surface area contributed by atoms with Crippen molar-refractivity contribution in [2.45, 2.75) is 13.0 Å². The van der Waals surface area contributed by atoms with Crippen LogP contribution in [0.1, 0.15) is 6.92 Å². The number of aromatic nitrogens is 1. The number of carbonyl (C=O) groups excluding carboxylic acids is 1. The number of piperazine rings is 1. The quantitative estimate of drug-likeness (QED) is 0.699. The molecule has 74 valence electrons. The van der Waals surface area contributed by atoms with Gasteiger partial charge in [-0.25, -0.2) is 0 Å². The topological polar surface area (TPSA) is 45.2 Å². The number of carbonyl (C=O) groups is 1. The van der Waals surface area contributed by atoms with Crippen LogP contribution in [0.5, 0.6) is 0 Å². The van der Waals surface area contributed by atoms with Crippen LogP contribution < -0.4 is 10.2 Å². The molecule has 1 amide bonds. The second-order valence-corrected chi connectivity index (χ2v) is 3.38. The van der Waals surface area contributed by atoms with Crippen LogP contribution in [0.4, 0.5) is 5.69 Å². The van der Waals surface area contributed by atoms with E-state index in [1.54, 1.807) is 17.3 Å². The maximum absolute atomic E-state index is 11.8. The van der Waals surface area contributed by atoms with E-state index in [4.69, 9.17) is 0 Å². The lowest BCUT2D eigenvalue weighted by Gasteiger charge is -2.31. The molecule has 0 radical (unpaired) electrons. The molecular formula is C10H13N3O. The summed E-state index contributed by atoms with van der Waals surface area (Å²) in [5.41, 5.74) is 0.880. The Labute approximate surface area is 82.9 Å². The summed E-state index contributed by atoms with van der Waals surface area (Å²) in [5.74, 6) is 0.115. The molecule has 1 aliphatic heterocycles. The molecule has 1 aromatic heterocycles. The van der Waals surface area contributed by atoms with E-state index >= 15 is 0 Å². The van der Waals surface area contributed by atoms with Crippen molar-refractivity contribution in [1.82, 2.24) is 10.3 Å². The van der Waals surface area contributed by atoms with Crippen LogP contribution in [0.25, 0.3) is 0 Å². The van der Waals surface area contributed by atoms with E-state index in [-0.39, 0.29) is 11.9 Å². The Morgan fingerprint density at radius 2 is 2.50 bits per heavy atom. The Morgan fingerprint density at radius 3 is 3.21 bits per heavy atom. The highest BCUT2D eigenvalue weighted by Gasteiger charge is 2.25. The number of hydrogen-bond acceptors (Lipinski definition) is 3. The van der Waals surface area contributed by atoms with Gasteiger partial charge < -0.3 is 10.2 Å². The fourth-order valence-corrected chi connectivity index (χ4v) is 1.59. The van der Waals surface area contributed by atoms with E-state index in [1.165, 1.54) is 0 Å². The van der Waals surface area contributed by atoms with Gasteiger partial charge in [-0.15, -0.1) is 0 Å². The minimum atomic E-state index is -0.0936. The normalized spacial score (nSPS) is 22.5. The van der Waals surface area contributed by atoms with Gasteiger partial charge in [0.15, 0.2) is 0 Å². The number of anilines is 1. The first-order chi connectivity index (χ1) is 6.79. The summed E-state index contributed by atoms with van der Waals surface area (Å²) in [6.07, 6.45) is 3.43. The summed E-state index contributed by atoms with van der Waals surface area (Å²) in [6.45, 7) is 3.43. The summed E-state index contributed by atoms with van der Waals surface area (Å²) in [7, 11) is 0. The van der Waals surface area contributed by atoms with Crippen molar-refractivity contribution in [2.75, 3.05) is 18.0 Å². The Balaban J connectivity index is 2.22. The minimum Gasteiger partial charge on any atom is -0.308 e. The smallest absolute Gasteiger partial charge is 0.243 e.